The molecule has 11 aromatic rings. The molecule has 0 saturated carbocycles. The number of furan rings is 1. The van der Waals surface area contributed by atoms with Crippen LogP contribution in [-0.2, 0) is 0 Å². The Kier molecular flexibility index (Phi) is 7.17. The Bertz CT molecular complexity index is 3180. The first kappa shape index (κ1) is 31.2. The molecule has 258 valence electrons. The molecule has 55 heavy (non-hydrogen) atoms. The number of fused-ring (bicyclic) bond motifs is 8. The van der Waals surface area contributed by atoms with Gasteiger partial charge in [0.25, 0.3) is 0 Å². The average molecular weight is 703 g/mol. The molecule has 0 spiro atoms. The molecule has 3 nitrogen and oxygen atoms in total. The predicted octanol–water partition coefficient (Wildman–Crippen LogP) is 14.6. The van der Waals surface area contributed by atoms with Crippen molar-refractivity contribution in [2.45, 2.75) is 0 Å². The van der Waals surface area contributed by atoms with Crippen molar-refractivity contribution in [3.05, 3.63) is 206 Å². The van der Waals surface area contributed by atoms with E-state index in [4.69, 9.17) is 4.42 Å². The quantitative estimate of drug-likeness (QED) is 0.172. The molecule has 0 N–H and O–H groups in total. The van der Waals surface area contributed by atoms with Crippen LogP contribution in [0.25, 0.3) is 82.5 Å². The highest BCUT2D eigenvalue weighted by molar-refractivity contribution is 6.25. The smallest absolute Gasteiger partial charge is 0.138 e. The number of hydrogen-bond donors (Lipinski definition) is 0. The number of nitrogens with zero attached hydrogens (tertiary/aromatic N) is 2. The molecule has 0 aliphatic rings. The fraction of sp³-hybridized carbons (Fsp3) is 0. The second-order valence-electron chi connectivity index (χ2n) is 14.1. The van der Waals surface area contributed by atoms with Crippen molar-refractivity contribution in [2.24, 2.45) is 0 Å². The Labute approximate surface area is 318 Å². The summed E-state index contributed by atoms with van der Waals surface area (Å²) in [4.78, 5) is 2.34. The summed E-state index contributed by atoms with van der Waals surface area (Å²) in [5.41, 5.74) is 13.0. The van der Waals surface area contributed by atoms with Gasteiger partial charge in [0, 0.05) is 50.2 Å². The predicted molar refractivity (Wildman–Crippen MR) is 231 cm³/mol. The number of aromatic nitrogens is 1. The highest BCUT2D eigenvalue weighted by atomic mass is 16.3. The fourth-order valence-corrected chi connectivity index (χ4v) is 8.53. The van der Waals surface area contributed by atoms with Crippen LogP contribution in [0.2, 0.25) is 0 Å². The third-order valence-corrected chi connectivity index (χ3v) is 11.0. The van der Waals surface area contributed by atoms with Gasteiger partial charge in [-0.3, -0.25) is 0 Å². The second-order valence-corrected chi connectivity index (χ2v) is 14.1. The standard InChI is InChI=1S/C52H34N2O/c1-4-15-35(16-5-1)36-27-30-40(31-28-36)53(38-18-6-2-7-19-38)41-33-46(51-49(34-41)55-48-32-29-37-17-10-11-22-42(37)50(48)51)45-25-14-24-44-43-23-12-13-26-47(43)54(52(44)45)39-20-8-3-9-21-39/h1-34H. The maximum absolute atomic E-state index is 6.91. The number of anilines is 3. The summed E-state index contributed by atoms with van der Waals surface area (Å²) in [6.45, 7) is 0. The normalized spacial score (nSPS) is 11.6. The average Bonchev–Trinajstić information content (AvgIpc) is 3.81. The zero-order valence-corrected chi connectivity index (χ0v) is 29.9. The molecule has 0 aliphatic carbocycles. The molecular weight excluding hydrogens is 669 g/mol. The summed E-state index contributed by atoms with van der Waals surface area (Å²) >= 11 is 0. The molecule has 11 rings (SSSR count). The lowest BCUT2D eigenvalue weighted by Gasteiger charge is -2.26. The van der Waals surface area contributed by atoms with Crippen LogP contribution in [0.3, 0.4) is 0 Å². The van der Waals surface area contributed by atoms with E-state index in [-0.39, 0.29) is 0 Å². The maximum atomic E-state index is 6.91. The van der Waals surface area contributed by atoms with Crippen LogP contribution in [0.1, 0.15) is 0 Å². The van der Waals surface area contributed by atoms with Crippen LogP contribution in [0, 0.1) is 0 Å². The maximum Gasteiger partial charge on any atom is 0.138 e. The fourth-order valence-electron chi connectivity index (χ4n) is 8.53. The minimum absolute atomic E-state index is 0.847. The van der Waals surface area contributed by atoms with Crippen molar-refractivity contribution in [1.29, 1.82) is 0 Å². The van der Waals surface area contributed by atoms with Crippen LogP contribution >= 0.6 is 0 Å². The van der Waals surface area contributed by atoms with Crippen molar-refractivity contribution in [3.63, 3.8) is 0 Å². The molecular formula is C52H34N2O. The lowest BCUT2D eigenvalue weighted by atomic mass is 9.94. The molecule has 0 bridgehead atoms. The first-order chi connectivity index (χ1) is 27.3. The van der Waals surface area contributed by atoms with Crippen molar-refractivity contribution in [2.75, 3.05) is 4.90 Å². The SMILES string of the molecule is c1ccc(-c2ccc(N(c3ccccc3)c3cc(-c4cccc5c6ccccc6n(-c6ccccc6)c45)c4c(c3)oc3ccc5ccccc5c34)cc2)cc1. The minimum atomic E-state index is 0.847. The van der Waals surface area contributed by atoms with Gasteiger partial charge in [0.1, 0.15) is 11.2 Å². The summed E-state index contributed by atoms with van der Waals surface area (Å²) in [6.07, 6.45) is 0. The second kappa shape index (κ2) is 12.6. The number of hydrogen-bond acceptors (Lipinski definition) is 2. The van der Waals surface area contributed by atoms with Crippen LogP contribution in [0.4, 0.5) is 17.1 Å². The van der Waals surface area contributed by atoms with Gasteiger partial charge >= 0.3 is 0 Å². The van der Waals surface area contributed by atoms with Gasteiger partial charge in [-0.05, 0) is 82.1 Å². The lowest BCUT2D eigenvalue weighted by molar-refractivity contribution is 0.669. The topological polar surface area (TPSA) is 21.3 Å². The van der Waals surface area contributed by atoms with Gasteiger partial charge < -0.3 is 13.9 Å². The monoisotopic (exact) mass is 702 g/mol. The van der Waals surface area contributed by atoms with Gasteiger partial charge in [0.2, 0.25) is 0 Å². The van der Waals surface area contributed by atoms with Crippen molar-refractivity contribution in [3.8, 4) is 27.9 Å². The third-order valence-electron chi connectivity index (χ3n) is 11.0. The molecule has 0 atom stereocenters. The third kappa shape index (κ3) is 5.05. The molecule has 9 aromatic carbocycles. The van der Waals surface area contributed by atoms with Crippen molar-refractivity contribution >= 4 is 71.6 Å². The highest BCUT2D eigenvalue weighted by Gasteiger charge is 2.24. The largest absolute Gasteiger partial charge is 0.456 e. The van der Waals surface area contributed by atoms with Gasteiger partial charge in [0.05, 0.1) is 16.7 Å². The van der Waals surface area contributed by atoms with Crippen molar-refractivity contribution in [1.82, 2.24) is 4.57 Å². The van der Waals surface area contributed by atoms with Crippen LogP contribution in [0.5, 0.6) is 0 Å². The molecule has 0 unspecified atom stereocenters. The van der Waals surface area contributed by atoms with E-state index in [1.54, 1.807) is 0 Å². The molecule has 0 aliphatic heterocycles. The molecule has 3 heteroatoms. The van der Waals surface area contributed by atoms with Crippen LogP contribution < -0.4 is 4.90 Å². The Hall–Kier alpha value is -7.36. The molecule has 0 amide bonds. The van der Waals surface area contributed by atoms with Gasteiger partial charge in [-0.25, -0.2) is 0 Å². The summed E-state index contributed by atoms with van der Waals surface area (Å²) < 4.78 is 9.34. The van der Waals surface area contributed by atoms with E-state index in [0.29, 0.717) is 0 Å². The number of para-hydroxylation sites is 4. The highest BCUT2D eigenvalue weighted by Crippen LogP contribution is 2.48. The Morgan fingerprint density at radius 3 is 1.82 bits per heavy atom. The first-order valence-corrected chi connectivity index (χ1v) is 18.8. The van der Waals surface area contributed by atoms with E-state index in [2.05, 4.69) is 216 Å². The van der Waals surface area contributed by atoms with Gasteiger partial charge in [-0.1, -0.05) is 146 Å². The number of rotatable bonds is 6. The van der Waals surface area contributed by atoms with Gasteiger partial charge in [-0.2, -0.15) is 0 Å². The zero-order chi connectivity index (χ0) is 36.3. The van der Waals surface area contributed by atoms with Gasteiger partial charge in [-0.15, -0.1) is 0 Å². The molecule has 0 saturated heterocycles. The summed E-state index contributed by atoms with van der Waals surface area (Å²) in [6, 6.07) is 73.8. The van der Waals surface area contributed by atoms with E-state index in [1.165, 1.54) is 43.7 Å². The summed E-state index contributed by atoms with van der Waals surface area (Å²) in [7, 11) is 0. The summed E-state index contributed by atoms with van der Waals surface area (Å²) in [5.74, 6) is 0. The van der Waals surface area contributed by atoms with E-state index < -0.39 is 0 Å². The van der Waals surface area contributed by atoms with Gasteiger partial charge in [0.15, 0.2) is 0 Å². The molecule has 0 radical (unpaired) electrons. The zero-order valence-electron chi connectivity index (χ0n) is 29.9. The Morgan fingerprint density at radius 1 is 0.382 bits per heavy atom. The van der Waals surface area contributed by atoms with Crippen molar-refractivity contribution < 1.29 is 4.42 Å². The van der Waals surface area contributed by atoms with E-state index in [0.717, 1.165) is 55.8 Å². The first-order valence-electron chi connectivity index (χ1n) is 18.8. The van der Waals surface area contributed by atoms with E-state index >= 15 is 0 Å². The molecule has 0 fully saturated rings. The number of benzene rings is 9. The Morgan fingerprint density at radius 2 is 1.02 bits per heavy atom. The Balaban J connectivity index is 1.25. The van der Waals surface area contributed by atoms with Crippen LogP contribution in [0.15, 0.2) is 211 Å². The summed E-state index contributed by atoms with van der Waals surface area (Å²) in [5, 5.41) is 7.05. The molecule has 2 heterocycles. The minimum Gasteiger partial charge on any atom is -0.456 e. The molecule has 2 aromatic heterocycles. The van der Waals surface area contributed by atoms with E-state index in [9.17, 15) is 0 Å². The lowest BCUT2D eigenvalue weighted by Crippen LogP contribution is -2.10. The van der Waals surface area contributed by atoms with Crippen LogP contribution in [-0.4, -0.2) is 4.57 Å². The van der Waals surface area contributed by atoms with E-state index in [1.807, 2.05) is 0 Å².